The minimum atomic E-state index is -0.340. The summed E-state index contributed by atoms with van der Waals surface area (Å²) in [5.41, 5.74) is 5.85. The van der Waals surface area contributed by atoms with Gasteiger partial charge in [0.05, 0.1) is 6.04 Å². The molecule has 0 aliphatic carbocycles. The predicted octanol–water partition coefficient (Wildman–Crippen LogP) is 5.18. The number of nitrogens with two attached hydrogens (primary N) is 1. The number of rotatable bonds is 16. The lowest BCUT2D eigenvalue weighted by Gasteiger charge is -2.14. The van der Waals surface area contributed by atoms with E-state index in [9.17, 15) is 4.79 Å². The molecule has 0 aliphatic heterocycles. The molecule has 0 saturated heterocycles. The summed E-state index contributed by atoms with van der Waals surface area (Å²) in [6.07, 6.45) is 16.9. The second-order valence-electron chi connectivity index (χ2n) is 7.42. The molecule has 0 fully saturated rings. The molecule has 138 valence electrons. The van der Waals surface area contributed by atoms with Gasteiger partial charge in [-0.2, -0.15) is 0 Å². The van der Waals surface area contributed by atoms with E-state index in [1.165, 1.54) is 70.6 Å². The van der Waals surface area contributed by atoms with E-state index < -0.39 is 0 Å². The van der Waals surface area contributed by atoms with Crippen molar-refractivity contribution in [3.05, 3.63) is 0 Å². The molecule has 3 nitrogen and oxygen atoms in total. The lowest BCUT2D eigenvalue weighted by Crippen LogP contribution is -2.41. The lowest BCUT2D eigenvalue weighted by atomic mass is 10.0. The third-order valence-electron chi connectivity index (χ3n) is 4.39. The number of unbranched alkanes of at least 4 members (excludes halogenated alkanes) is 11. The fraction of sp³-hybridized carbons (Fsp3) is 0.950. The molecule has 0 aromatic rings. The van der Waals surface area contributed by atoms with E-state index in [0.717, 1.165) is 19.4 Å². The SMILES string of the molecule is CCCCCCCCCCCCCCNC(=O)[C@@H](N)CC(C)C. The summed E-state index contributed by atoms with van der Waals surface area (Å²) in [5, 5.41) is 2.96. The Morgan fingerprint density at radius 3 is 1.70 bits per heavy atom. The van der Waals surface area contributed by atoms with Gasteiger partial charge in [0, 0.05) is 6.54 Å². The first-order valence-corrected chi connectivity index (χ1v) is 10.1. The second kappa shape index (κ2) is 16.3. The van der Waals surface area contributed by atoms with Gasteiger partial charge < -0.3 is 11.1 Å². The van der Waals surface area contributed by atoms with Crippen molar-refractivity contribution in [2.45, 2.75) is 110 Å². The maximum absolute atomic E-state index is 11.7. The van der Waals surface area contributed by atoms with E-state index in [4.69, 9.17) is 5.73 Å². The number of amides is 1. The Labute approximate surface area is 145 Å². The minimum Gasteiger partial charge on any atom is -0.355 e. The van der Waals surface area contributed by atoms with Gasteiger partial charge in [-0.25, -0.2) is 0 Å². The number of hydrogen-bond acceptors (Lipinski definition) is 2. The maximum Gasteiger partial charge on any atom is 0.236 e. The summed E-state index contributed by atoms with van der Waals surface area (Å²) in [5.74, 6) is 0.490. The van der Waals surface area contributed by atoms with Crippen molar-refractivity contribution in [1.29, 1.82) is 0 Å². The van der Waals surface area contributed by atoms with Crippen LogP contribution in [0, 0.1) is 5.92 Å². The molecule has 0 spiro atoms. The van der Waals surface area contributed by atoms with Crippen LogP contribution in [0.15, 0.2) is 0 Å². The highest BCUT2D eigenvalue weighted by Gasteiger charge is 2.13. The van der Waals surface area contributed by atoms with E-state index in [2.05, 4.69) is 26.1 Å². The molecule has 3 heteroatoms. The molecule has 0 bridgehead atoms. The zero-order valence-corrected chi connectivity index (χ0v) is 16.0. The molecule has 0 aliphatic rings. The molecule has 0 aromatic carbocycles. The third kappa shape index (κ3) is 16.1. The molecule has 0 saturated carbocycles. The first-order chi connectivity index (χ1) is 11.1. The molecule has 0 heterocycles. The van der Waals surface area contributed by atoms with E-state index in [0.29, 0.717) is 5.92 Å². The third-order valence-corrected chi connectivity index (χ3v) is 4.39. The fourth-order valence-electron chi connectivity index (χ4n) is 2.92. The number of carbonyl (C=O) groups is 1. The second-order valence-corrected chi connectivity index (χ2v) is 7.42. The van der Waals surface area contributed by atoms with Crippen molar-refractivity contribution in [3.8, 4) is 0 Å². The summed E-state index contributed by atoms with van der Waals surface area (Å²) in [4.78, 5) is 11.7. The Hall–Kier alpha value is -0.570. The lowest BCUT2D eigenvalue weighted by molar-refractivity contribution is -0.122. The molecular formula is C20H42N2O. The molecule has 0 unspecified atom stereocenters. The topological polar surface area (TPSA) is 55.1 Å². The molecule has 1 amide bonds. The highest BCUT2D eigenvalue weighted by molar-refractivity contribution is 5.81. The van der Waals surface area contributed by atoms with Crippen LogP contribution >= 0.6 is 0 Å². The first kappa shape index (κ1) is 22.4. The van der Waals surface area contributed by atoms with E-state index in [1.807, 2.05) is 0 Å². The van der Waals surface area contributed by atoms with Crippen LogP contribution in [0.4, 0.5) is 0 Å². The summed E-state index contributed by atoms with van der Waals surface area (Å²) in [6.45, 7) is 7.24. The Morgan fingerprint density at radius 1 is 0.826 bits per heavy atom. The fourth-order valence-corrected chi connectivity index (χ4v) is 2.92. The molecule has 0 aromatic heterocycles. The van der Waals surface area contributed by atoms with Gasteiger partial charge in [-0.05, 0) is 18.8 Å². The molecule has 1 atom stereocenters. The van der Waals surface area contributed by atoms with E-state index in [-0.39, 0.29) is 11.9 Å². The van der Waals surface area contributed by atoms with Crippen molar-refractivity contribution in [2.24, 2.45) is 11.7 Å². The predicted molar refractivity (Wildman–Crippen MR) is 102 cm³/mol. The van der Waals surface area contributed by atoms with Crippen LogP contribution in [-0.2, 0) is 4.79 Å². The van der Waals surface area contributed by atoms with Gasteiger partial charge in [0.1, 0.15) is 0 Å². The van der Waals surface area contributed by atoms with Gasteiger partial charge in [0.25, 0.3) is 0 Å². The zero-order chi connectivity index (χ0) is 17.3. The van der Waals surface area contributed by atoms with Crippen LogP contribution in [0.3, 0.4) is 0 Å². The smallest absolute Gasteiger partial charge is 0.236 e. The molecule has 0 rings (SSSR count). The number of nitrogens with one attached hydrogen (secondary N) is 1. The van der Waals surface area contributed by atoms with Crippen LogP contribution in [0.5, 0.6) is 0 Å². The number of hydrogen-bond donors (Lipinski definition) is 2. The van der Waals surface area contributed by atoms with Gasteiger partial charge in [0.15, 0.2) is 0 Å². The van der Waals surface area contributed by atoms with Gasteiger partial charge >= 0.3 is 0 Å². The van der Waals surface area contributed by atoms with Gasteiger partial charge in [0.2, 0.25) is 5.91 Å². The Balaban J connectivity index is 3.23. The highest BCUT2D eigenvalue weighted by atomic mass is 16.2. The van der Waals surface area contributed by atoms with Gasteiger partial charge in [-0.15, -0.1) is 0 Å². The monoisotopic (exact) mass is 326 g/mol. The van der Waals surface area contributed by atoms with Crippen molar-refractivity contribution < 1.29 is 4.79 Å². The normalized spacial score (nSPS) is 12.6. The zero-order valence-electron chi connectivity index (χ0n) is 16.0. The number of carbonyl (C=O) groups excluding carboxylic acids is 1. The van der Waals surface area contributed by atoms with Crippen molar-refractivity contribution in [3.63, 3.8) is 0 Å². The van der Waals surface area contributed by atoms with Crippen LogP contribution < -0.4 is 11.1 Å². The summed E-state index contributed by atoms with van der Waals surface area (Å²) < 4.78 is 0. The quantitative estimate of drug-likeness (QED) is 0.384. The van der Waals surface area contributed by atoms with Crippen LogP contribution in [-0.4, -0.2) is 18.5 Å². The van der Waals surface area contributed by atoms with Crippen LogP contribution in [0.1, 0.15) is 104 Å². The summed E-state index contributed by atoms with van der Waals surface area (Å²) in [7, 11) is 0. The van der Waals surface area contributed by atoms with Crippen molar-refractivity contribution >= 4 is 5.91 Å². The maximum atomic E-state index is 11.7. The first-order valence-electron chi connectivity index (χ1n) is 10.1. The van der Waals surface area contributed by atoms with Gasteiger partial charge in [-0.1, -0.05) is 91.4 Å². The van der Waals surface area contributed by atoms with Crippen LogP contribution in [0.2, 0.25) is 0 Å². The largest absolute Gasteiger partial charge is 0.355 e. The Bertz CT molecular complexity index is 266. The average molecular weight is 327 g/mol. The molecule has 3 N–H and O–H groups in total. The Morgan fingerprint density at radius 2 is 1.26 bits per heavy atom. The van der Waals surface area contributed by atoms with Gasteiger partial charge in [-0.3, -0.25) is 4.79 Å². The minimum absolute atomic E-state index is 0.0155. The standard InChI is InChI=1S/C20H42N2O/c1-4-5-6-7-8-9-10-11-12-13-14-15-16-22-20(23)19(21)17-18(2)3/h18-19H,4-17,21H2,1-3H3,(H,22,23)/t19-/m0/s1. The molecular weight excluding hydrogens is 284 g/mol. The molecule has 0 radical (unpaired) electrons. The molecule has 23 heavy (non-hydrogen) atoms. The highest BCUT2D eigenvalue weighted by Crippen LogP contribution is 2.11. The van der Waals surface area contributed by atoms with E-state index >= 15 is 0 Å². The average Bonchev–Trinajstić information content (AvgIpc) is 2.51. The van der Waals surface area contributed by atoms with Crippen molar-refractivity contribution in [2.75, 3.05) is 6.54 Å². The summed E-state index contributed by atoms with van der Waals surface area (Å²) >= 11 is 0. The van der Waals surface area contributed by atoms with E-state index in [1.54, 1.807) is 0 Å². The van der Waals surface area contributed by atoms with Crippen LogP contribution in [0.25, 0.3) is 0 Å². The summed E-state index contributed by atoms with van der Waals surface area (Å²) in [6, 6.07) is -0.340. The Kier molecular flexibility index (Phi) is 15.9. The van der Waals surface area contributed by atoms with Crippen molar-refractivity contribution in [1.82, 2.24) is 5.32 Å².